The van der Waals surface area contributed by atoms with Crippen LogP contribution >= 0.6 is 27.7 Å². The van der Waals surface area contributed by atoms with Crippen LogP contribution in [0.25, 0.3) is 0 Å². The molecule has 0 heterocycles. The fraction of sp³-hybridized carbons (Fsp3) is 0.133. The molecule has 0 saturated carbocycles. The van der Waals surface area contributed by atoms with Crippen molar-refractivity contribution in [2.75, 3.05) is 11.6 Å². The Morgan fingerprint density at radius 3 is 2.47 bits per heavy atom. The van der Waals surface area contributed by atoms with E-state index < -0.39 is 0 Å². The summed E-state index contributed by atoms with van der Waals surface area (Å²) >= 11 is 5.09. The highest BCUT2D eigenvalue weighted by Gasteiger charge is 2.08. The molecule has 0 aliphatic rings. The Hall–Kier alpha value is -1.26. The third-order valence-corrected chi connectivity index (χ3v) is 4.16. The van der Waals surface area contributed by atoms with Gasteiger partial charge in [0.25, 0.3) is 5.91 Å². The van der Waals surface area contributed by atoms with Gasteiger partial charge in [-0.25, -0.2) is 0 Å². The van der Waals surface area contributed by atoms with E-state index in [-0.39, 0.29) is 5.91 Å². The van der Waals surface area contributed by atoms with E-state index in [1.54, 1.807) is 11.8 Å². The molecule has 0 radical (unpaired) electrons. The number of benzene rings is 2. The number of amides is 1. The molecule has 4 heteroatoms. The Morgan fingerprint density at radius 2 is 1.84 bits per heavy atom. The zero-order chi connectivity index (χ0) is 13.8. The SMILES string of the molecule is CSc1ccc(C(=O)Nc2cc(C)ccc2Br)cc1. The quantitative estimate of drug-likeness (QED) is 0.821. The van der Waals surface area contributed by atoms with Crippen LogP contribution in [0, 0.1) is 6.92 Å². The van der Waals surface area contributed by atoms with Crippen molar-refractivity contribution in [3.05, 3.63) is 58.1 Å². The topological polar surface area (TPSA) is 29.1 Å². The zero-order valence-corrected chi connectivity index (χ0v) is 13.1. The predicted molar refractivity (Wildman–Crippen MR) is 85.1 cm³/mol. The van der Waals surface area contributed by atoms with Gasteiger partial charge in [0.2, 0.25) is 0 Å². The van der Waals surface area contributed by atoms with E-state index in [1.807, 2.05) is 55.6 Å². The Bertz CT molecular complexity index is 596. The van der Waals surface area contributed by atoms with Crippen LogP contribution in [0.4, 0.5) is 5.69 Å². The van der Waals surface area contributed by atoms with E-state index in [1.165, 1.54) is 0 Å². The second-order valence-electron chi connectivity index (χ2n) is 4.17. The van der Waals surface area contributed by atoms with Gasteiger partial charge in [-0.15, -0.1) is 11.8 Å². The summed E-state index contributed by atoms with van der Waals surface area (Å²) < 4.78 is 0.882. The van der Waals surface area contributed by atoms with Crippen molar-refractivity contribution in [3.63, 3.8) is 0 Å². The van der Waals surface area contributed by atoms with Crippen LogP contribution in [0.2, 0.25) is 0 Å². The summed E-state index contributed by atoms with van der Waals surface area (Å²) in [7, 11) is 0. The van der Waals surface area contributed by atoms with Gasteiger partial charge in [-0.2, -0.15) is 0 Å². The lowest BCUT2D eigenvalue weighted by Crippen LogP contribution is -2.12. The van der Waals surface area contributed by atoms with Gasteiger partial charge in [-0.3, -0.25) is 4.79 Å². The number of carbonyl (C=O) groups excluding carboxylic acids is 1. The first-order chi connectivity index (χ1) is 9.10. The van der Waals surface area contributed by atoms with Gasteiger partial charge >= 0.3 is 0 Å². The molecule has 2 nitrogen and oxygen atoms in total. The monoisotopic (exact) mass is 335 g/mol. The number of hydrogen-bond donors (Lipinski definition) is 1. The van der Waals surface area contributed by atoms with Crippen LogP contribution < -0.4 is 5.32 Å². The Labute approximate surface area is 125 Å². The molecule has 0 fully saturated rings. The van der Waals surface area contributed by atoms with Gasteiger partial charge < -0.3 is 5.32 Å². The minimum Gasteiger partial charge on any atom is -0.321 e. The molecule has 2 aromatic carbocycles. The first kappa shape index (κ1) is 14.2. The maximum absolute atomic E-state index is 12.1. The molecule has 98 valence electrons. The predicted octanol–water partition coefficient (Wildman–Crippen LogP) is 4.73. The van der Waals surface area contributed by atoms with E-state index in [0.29, 0.717) is 5.56 Å². The lowest BCUT2D eigenvalue weighted by atomic mass is 10.2. The van der Waals surface area contributed by atoms with E-state index in [0.717, 1.165) is 20.6 Å². The average molecular weight is 336 g/mol. The highest BCUT2D eigenvalue weighted by molar-refractivity contribution is 9.10. The third kappa shape index (κ3) is 3.61. The number of anilines is 1. The van der Waals surface area contributed by atoms with Gasteiger partial charge in [0, 0.05) is 14.9 Å². The van der Waals surface area contributed by atoms with Gasteiger partial charge in [0.15, 0.2) is 0 Å². The van der Waals surface area contributed by atoms with E-state index in [2.05, 4.69) is 21.2 Å². The maximum Gasteiger partial charge on any atom is 0.255 e. The van der Waals surface area contributed by atoms with Crippen molar-refractivity contribution in [3.8, 4) is 0 Å². The molecular formula is C15H14BrNOS. The number of hydrogen-bond acceptors (Lipinski definition) is 2. The molecule has 0 saturated heterocycles. The molecule has 19 heavy (non-hydrogen) atoms. The molecule has 1 amide bonds. The van der Waals surface area contributed by atoms with Crippen LogP contribution in [-0.2, 0) is 0 Å². The highest BCUT2D eigenvalue weighted by Crippen LogP contribution is 2.24. The molecule has 0 aliphatic heterocycles. The van der Waals surface area contributed by atoms with Gasteiger partial charge in [-0.1, -0.05) is 6.07 Å². The summed E-state index contributed by atoms with van der Waals surface area (Å²) in [6.07, 6.45) is 2.01. The number of halogens is 1. The average Bonchev–Trinajstić information content (AvgIpc) is 2.43. The van der Waals surface area contributed by atoms with Crippen LogP contribution in [0.15, 0.2) is 51.8 Å². The summed E-state index contributed by atoms with van der Waals surface area (Å²) in [5, 5.41) is 2.91. The van der Waals surface area contributed by atoms with Crippen molar-refractivity contribution in [1.82, 2.24) is 0 Å². The Kier molecular flexibility index (Phi) is 4.66. The molecule has 0 unspecified atom stereocenters. The largest absolute Gasteiger partial charge is 0.321 e. The van der Waals surface area contributed by atoms with Crippen LogP contribution in [0.5, 0.6) is 0 Å². The van der Waals surface area contributed by atoms with E-state index >= 15 is 0 Å². The molecule has 0 aromatic heterocycles. The first-order valence-corrected chi connectivity index (χ1v) is 7.83. The molecule has 2 rings (SSSR count). The summed E-state index contributed by atoms with van der Waals surface area (Å²) in [5.41, 5.74) is 2.56. The fourth-order valence-corrected chi connectivity index (χ4v) is 2.43. The van der Waals surface area contributed by atoms with Crippen LogP contribution in [0.3, 0.4) is 0 Å². The molecule has 0 spiro atoms. The summed E-state index contributed by atoms with van der Waals surface area (Å²) in [5.74, 6) is -0.0982. The van der Waals surface area contributed by atoms with Crippen molar-refractivity contribution >= 4 is 39.3 Å². The van der Waals surface area contributed by atoms with Gasteiger partial charge in [-0.05, 0) is 71.1 Å². The lowest BCUT2D eigenvalue weighted by Gasteiger charge is -2.08. The zero-order valence-electron chi connectivity index (χ0n) is 10.7. The second kappa shape index (κ2) is 6.26. The van der Waals surface area contributed by atoms with Crippen LogP contribution in [0.1, 0.15) is 15.9 Å². The van der Waals surface area contributed by atoms with E-state index in [4.69, 9.17) is 0 Å². The number of nitrogens with one attached hydrogen (secondary N) is 1. The fourth-order valence-electron chi connectivity index (χ4n) is 1.67. The number of aryl methyl sites for hydroxylation is 1. The van der Waals surface area contributed by atoms with Crippen molar-refractivity contribution in [2.45, 2.75) is 11.8 Å². The normalized spacial score (nSPS) is 10.3. The Balaban J connectivity index is 2.18. The molecule has 0 bridgehead atoms. The van der Waals surface area contributed by atoms with Crippen molar-refractivity contribution in [1.29, 1.82) is 0 Å². The molecule has 1 N–H and O–H groups in total. The van der Waals surface area contributed by atoms with E-state index in [9.17, 15) is 4.79 Å². The molecule has 2 aromatic rings. The molecule has 0 aliphatic carbocycles. The first-order valence-electron chi connectivity index (χ1n) is 5.81. The second-order valence-corrected chi connectivity index (χ2v) is 5.90. The summed E-state index contributed by atoms with van der Waals surface area (Å²) in [6.45, 7) is 2.00. The number of rotatable bonds is 3. The minimum absolute atomic E-state index is 0.0982. The maximum atomic E-state index is 12.1. The minimum atomic E-state index is -0.0982. The van der Waals surface area contributed by atoms with Gasteiger partial charge in [0.1, 0.15) is 0 Å². The number of thioether (sulfide) groups is 1. The summed E-state index contributed by atoms with van der Waals surface area (Å²) in [6, 6.07) is 13.4. The molecule has 0 atom stereocenters. The van der Waals surface area contributed by atoms with Crippen molar-refractivity contribution < 1.29 is 4.79 Å². The third-order valence-electron chi connectivity index (χ3n) is 2.72. The smallest absolute Gasteiger partial charge is 0.255 e. The number of carbonyl (C=O) groups is 1. The van der Waals surface area contributed by atoms with Gasteiger partial charge in [0.05, 0.1) is 5.69 Å². The Morgan fingerprint density at radius 1 is 1.16 bits per heavy atom. The standard InChI is InChI=1S/C15H14BrNOS/c1-10-3-8-13(16)14(9-10)17-15(18)11-4-6-12(19-2)7-5-11/h3-9H,1-2H3,(H,17,18). The highest BCUT2D eigenvalue weighted by atomic mass is 79.9. The molecular weight excluding hydrogens is 322 g/mol. The van der Waals surface area contributed by atoms with Crippen molar-refractivity contribution in [2.24, 2.45) is 0 Å². The summed E-state index contributed by atoms with van der Waals surface area (Å²) in [4.78, 5) is 13.3. The van der Waals surface area contributed by atoms with Crippen LogP contribution in [-0.4, -0.2) is 12.2 Å². The lowest BCUT2D eigenvalue weighted by molar-refractivity contribution is 0.102.